The van der Waals surface area contributed by atoms with Gasteiger partial charge in [0.25, 0.3) is 0 Å². The monoisotopic (exact) mass is 345 g/mol. The number of nitrogen functional groups attached to an aromatic ring is 1. The minimum Gasteiger partial charge on any atom is -0.399 e. The van der Waals surface area contributed by atoms with Crippen LogP contribution < -0.4 is 5.73 Å². The van der Waals surface area contributed by atoms with E-state index in [2.05, 4.69) is 15.9 Å². The number of sulfonamides is 1. The van der Waals surface area contributed by atoms with Crippen LogP contribution in [0, 0.1) is 11.3 Å². The first-order chi connectivity index (χ1) is 8.95. The maximum absolute atomic E-state index is 12.5. The highest BCUT2D eigenvalue weighted by molar-refractivity contribution is 9.10. The van der Waals surface area contributed by atoms with Crippen molar-refractivity contribution in [3.63, 3.8) is 0 Å². The summed E-state index contributed by atoms with van der Waals surface area (Å²) in [6.07, 6.45) is -0.726. The van der Waals surface area contributed by atoms with Gasteiger partial charge >= 0.3 is 0 Å². The number of anilines is 1. The van der Waals surface area contributed by atoms with Crippen molar-refractivity contribution in [1.82, 2.24) is 4.31 Å². The SMILES string of the molecule is N#CC1CN(S(=O)(=O)c2ccc(N)cc2Br)CCO1. The fourth-order valence-corrected chi connectivity index (χ4v) is 4.27. The van der Waals surface area contributed by atoms with E-state index in [1.54, 1.807) is 0 Å². The van der Waals surface area contributed by atoms with Crippen LogP contribution in [0.25, 0.3) is 0 Å². The summed E-state index contributed by atoms with van der Waals surface area (Å²) in [5, 5.41) is 8.81. The van der Waals surface area contributed by atoms with Gasteiger partial charge in [0.15, 0.2) is 6.10 Å². The van der Waals surface area contributed by atoms with Crippen molar-refractivity contribution in [3.8, 4) is 6.07 Å². The minimum absolute atomic E-state index is 0.0374. The number of nitrogens with zero attached hydrogens (tertiary/aromatic N) is 2. The molecule has 0 spiro atoms. The zero-order chi connectivity index (χ0) is 14.0. The number of hydrogen-bond acceptors (Lipinski definition) is 5. The molecule has 1 aliphatic rings. The lowest BCUT2D eigenvalue weighted by atomic mass is 10.3. The zero-order valence-electron chi connectivity index (χ0n) is 9.91. The van der Waals surface area contributed by atoms with Crippen LogP contribution in [0.5, 0.6) is 0 Å². The Balaban J connectivity index is 2.34. The van der Waals surface area contributed by atoms with Gasteiger partial charge in [-0.25, -0.2) is 8.42 Å². The molecule has 1 unspecified atom stereocenters. The Morgan fingerprint density at radius 3 is 2.89 bits per heavy atom. The summed E-state index contributed by atoms with van der Waals surface area (Å²) < 4.78 is 31.7. The van der Waals surface area contributed by atoms with Crippen LogP contribution in [0.3, 0.4) is 0 Å². The number of halogens is 1. The predicted octanol–water partition coefficient (Wildman–Crippen LogP) is 0.944. The third kappa shape index (κ3) is 2.90. The molecule has 1 aromatic carbocycles. The van der Waals surface area contributed by atoms with Gasteiger partial charge in [-0.3, -0.25) is 0 Å². The van der Waals surface area contributed by atoms with Crippen LogP contribution in [0.4, 0.5) is 5.69 Å². The van der Waals surface area contributed by atoms with Crippen LogP contribution in [-0.2, 0) is 14.8 Å². The summed E-state index contributed by atoms with van der Waals surface area (Å²) in [4.78, 5) is 0.139. The summed E-state index contributed by atoms with van der Waals surface area (Å²) in [5.41, 5.74) is 6.07. The number of benzene rings is 1. The Hall–Kier alpha value is -1.14. The molecule has 0 aliphatic carbocycles. The highest BCUT2D eigenvalue weighted by Gasteiger charge is 2.31. The zero-order valence-corrected chi connectivity index (χ0v) is 12.3. The molecule has 1 aromatic rings. The van der Waals surface area contributed by atoms with E-state index in [0.29, 0.717) is 10.2 Å². The molecular formula is C11H12BrN3O3S. The van der Waals surface area contributed by atoms with Gasteiger partial charge in [-0.1, -0.05) is 0 Å². The third-order valence-corrected chi connectivity index (χ3v) is 5.59. The molecule has 1 fully saturated rings. The Labute approximate surface area is 119 Å². The maximum Gasteiger partial charge on any atom is 0.244 e. The van der Waals surface area contributed by atoms with Crippen molar-refractivity contribution < 1.29 is 13.2 Å². The maximum atomic E-state index is 12.5. The van der Waals surface area contributed by atoms with Gasteiger partial charge in [0.2, 0.25) is 10.0 Å². The molecule has 1 atom stereocenters. The average Bonchev–Trinajstić information content (AvgIpc) is 2.38. The van der Waals surface area contributed by atoms with Gasteiger partial charge in [0, 0.05) is 16.7 Å². The Kier molecular flexibility index (Phi) is 4.10. The fourth-order valence-electron chi connectivity index (χ4n) is 1.79. The molecule has 1 aliphatic heterocycles. The first-order valence-corrected chi connectivity index (χ1v) is 7.75. The highest BCUT2D eigenvalue weighted by Crippen LogP contribution is 2.27. The second-order valence-electron chi connectivity index (χ2n) is 4.04. The molecule has 0 saturated carbocycles. The lowest BCUT2D eigenvalue weighted by Gasteiger charge is -2.29. The number of nitriles is 1. The van der Waals surface area contributed by atoms with Crippen molar-refractivity contribution >= 4 is 31.6 Å². The van der Waals surface area contributed by atoms with Gasteiger partial charge in [-0.15, -0.1) is 0 Å². The molecular weight excluding hydrogens is 334 g/mol. The second-order valence-corrected chi connectivity index (χ2v) is 6.80. The molecule has 1 saturated heterocycles. The molecule has 0 bridgehead atoms. The number of nitrogens with two attached hydrogens (primary N) is 1. The molecule has 0 radical (unpaired) electrons. The highest BCUT2D eigenvalue weighted by atomic mass is 79.9. The molecule has 0 aromatic heterocycles. The molecule has 2 N–H and O–H groups in total. The average molecular weight is 346 g/mol. The molecule has 2 rings (SSSR count). The first kappa shape index (κ1) is 14.3. The quantitative estimate of drug-likeness (QED) is 0.804. The van der Waals surface area contributed by atoms with E-state index in [1.165, 1.54) is 22.5 Å². The fraction of sp³-hybridized carbons (Fsp3) is 0.364. The van der Waals surface area contributed by atoms with Gasteiger partial charge in [-0.2, -0.15) is 9.57 Å². The van der Waals surface area contributed by atoms with Crippen molar-refractivity contribution in [3.05, 3.63) is 22.7 Å². The standard InChI is InChI=1S/C11H12BrN3O3S/c12-10-5-8(14)1-2-11(10)19(16,17)15-3-4-18-9(6-13)7-15/h1-2,5,9H,3-4,7,14H2. The second kappa shape index (κ2) is 5.46. The van der Waals surface area contributed by atoms with Crippen molar-refractivity contribution in [1.29, 1.82) is 5.26 Å². The molecule has 1 heterocycles. The lowest BCUT2D eigenvalue weighted by molar-refractivity contribution is 0.0311. The summed E-state index contributed by atoms with van der Waals surface area (Å²) in [7, 11) is -3.65. The summed E-state index contributed by atoms with van der Waals surface area (Å²) >= 11 is 3.20. The number of ether oxygens (including phenoxy) is 1. The van der Waals surface area contributed by atoms with Crippen molar-refractivity contribution in [2.75, 3.05) is 25.4 Å². The number of morpholine rings is 1. The third-order valence-electron chi connectivity index (χ3n) is 2.75. The van der Waals surface area contributed by atoms with Crippen molar-refractivity contribution in [2.24, 2.45) is 0 Å². The predicted molar refractivity (Wildman–Crippen MR) is 72.7 cm³/mol. The van der Waals surface area contributed by atoms with Crippen LogP contribution in [0.2, 0.25) is 0 Å². The summed E-state index contributed by atoms with van der Waals surface area (Å²) in [6.45, 7) is 0.483. The summed E-state index contributed by atoms with van der Waals surface area (Å²) in [6, 6.07) is 6.44. The topological polar surface area (TPSA) is 96.4 Å². The Bertz CT molecular complexity index is 627. The van der Waals surface area contributed by atoms with Crippen LogP contribution >= 0.6 is 15.9 Å². The van der Waals surface area contributed by atoms with E-state index in [-0.39, 0.29) is 24.6 Å². The smallest absolute Gasteiger partial charge is 0.244 e. The molecule has 0 amide bonds. The largest absolute Gasteiger partial charge is 0.399 e. The first-order valence-electron chi connectivity index (χ1n) is 5.51. The van der Waals surface area contributed by atoms with Crippen molar-refractivity contribution in [2.45, 2.75) is 11.0 Å². The van der Waals surface area contributed by atoms with Crippen LogP contribution in [-0.4, -0.2) is 38.5 Å². The lowest BCUT2D eigenvalue weighted by Crippen LogP contribution is -2.45. The van der Waals surface area contributed by atoms with Crippen LogP contribution in [0.15, 0.2) is 27.6 Å². The normalized spacial score (nSPS) is 20.9. The number of rotatable bonds is 2. The molecule has 19 heavy (non-hydrogen) atoms. The van der Waals surface area contributed by atoms with E-state index < -0.39 is 16.1 Å². The molecule has 8 heteroatoms. The minimum atomic E-state index is -3.65. The van der Waals surface area contributed by atoms with E-state index in [1.807, 2.05) is 6.07 Å². The van der Waals surface area contributed by atoms with Crippen LogP contribution in [0.1, 0.15) is 0 Å². The van der Waals surface area contributed by atoms with E-state index in [0.717, 1.165) is 0 Å². The van der Waals surface area contributed by atoms with E-state index in [4.69, 9.17) is 15.7 Å². The van der Waals surface area contributed by atoms with E-state index in [9.17, 15) is 8.42 Å². The van der Waals surface area contributed by atoms with Gasteiger partial charge in [-0.05, 0) is 34.1 Å². The van der Waals surface area contributed by atoms with E-state index >= 15 is 0 Å². The van der Waals surface area contributed by atoms with Gasteiger partial charge in [0.05, 0.1) is 24.1 Å². The Morgan fingerprint density at radius 2 is 2.26 bits per heavy atom. The summed E-state index contributed by atoms with van der Waals surface area (Å²) in [5.74, 6) is 0. The van der Waals surface area contributed by atoms with Gasteiger partial charge < -0.3 is 10.5 Å². The Morgan fingerprint density at radius 1 is 1.53 bits per heavy atom. The molecule has 102 valence electrons. The number of hydrogen-bond donors (Lipinski definition) is 1. The molecule has 6 nitrogen and oxygen atoms in total. The van der Waals surface area contributed by atoms with Gasteiger partial charge in [0.1, 0.15) is 0 Å².